The molecule has 2 aliphatic carbocycles. The minimum absolute atomic E-state index is 0.0194. The van der Waals surface area contributed by atoms with E-state index in [4.69, 9.17) is 88.6 Å². The molecule has 48 heavy (non-hydrogen) atoms. The Morgan fingerprint density at radius 2 is 1.00 bits per heavy atom. The SMILES string of the molecule is CCC1CC1(C)C(C)COC(=O)c1c(Cl)c(Cl)cc(Cl)c1OC(=O)C(=O)Oc1c(Cl)cc(Cl)c(Cl)c1C(=O)OCC(C)C1(C)CC1CC. The zero-order valence-corrected chi connectivity index (χ0v) is 31.8. The van der Waals surface area contributed by atoms with E-state index < -0.39 is 46.5 Å². The Morgan fingerprint density at radius 3 is 1.29 bits per heavy atom. The quantitative estimate of drug-likeness (QED) is 0.0907. The van der Waals surface area contributed by atoms with Crippen LogP contribution in [-0.4, -0.2) is 37.1 Å². The number of hydrogen-bond acceptors (Lipinski definition) is 8. The van der Waals surface area contributed by atoms with Crippen molar-refractivity contribution in [1.29, 1.82) is 0 Å². The first-order valence-electron chi connectivity index (χ1n) is 15.5. The number of hydrogen-bond donors (Lipinski definition) is 0. The first-order valence-corrected chi connectivity index (χ1v) is 17.8. The molecule has 0 saturated heterocycles. The summed E-state index contributed by atoms with van der Waals surface area (Å²) < 4.78 is 21.5. The van der Waals surface area contributed by atoms with Gasteiger partial charge in [-0.2, -0.15) is 0 Å². The van der Waals surface area contributed by atoms with Gasteiger partial charge in [-0.1, -0.05) is 124 Å². The van der Waals surface area contributed by atoms with Crippen molar-refractivity contribution >= 4 is 93.5 Å². The van der Waals surface area contributed by atoms with Gasteiger partial charge in [-0.15, -0.1) is 0 Å². The molecule has 0 amide bonds. The summed E-state index contributed by atoms with van der Waals surface area (Å²) in [4.78, 5) is 52.6. The lowest BCUT2D eigenvalue weighted by Crippen LogP contribution is -2.28. The third-order valence-electron chi connectivity index (χ3n) is 10.3. The maximum atomic E-state index is 13.3. The van der Waals surface area contributed by atoms with Crippen molar-refractivity contribution in [2.24, 2.45) is 34.5 Å². The van der Waals surface area contributed by atoms with Crippen LogP contribution in [0.15, 0.2) is 12.1 Å². The summed E-state index contributed by atoms with van der Waals surface area (Å²) >= 11 is 37.6. The lowest BCUT2D eigenvalue weighted by atomic mass is 9.90. The lowest BCUT2D eigenvalue weighted by molar-refractivity contribution is -0.156. The van der Waals surface area contributed by atoms with Crippen molar-refractivity contribution in [2.75, 3.05) is 13.2 Å². The van der Waals surface area contributed by atoms with Gasteiger partial charge in [-0.05, 0) is 59.5 Å². The van der Waals surface area contributed by atoms with Crippen LogP contribution in [0.2, 0.25) is 30.1 Å². The summed E-state index contributed by atoms with van der Waals surface area (Å²) in [6.45, 7) is 12.5. The Kier molecular flexibility index (Phi) is 12.2. The molecule has 0 bridgehead atoms. The molecule has 14 heteroatoms. The monoisotopic (exact) mass is 782 g/mol. The van der Waals surface area contributed by atoms with Gasteiger partial charge in [0.1, 0.15) is 11.1 Å². The highest BCUT2D eigenvalue weighted by Gasteiger charge is 2.53. The van der Waals surface area contributed by atoms with Crippen LogP contribution in [0, 0.1) is 34.5 Å². The van der Waals surface area contributed by atoms with Crippen molar-refractivity contribution in [2.45, 2.75) is 67.2 Å². The minimum atomic E-state index is -1.64. The number of rotatable bonds is 12. The Balaban J connectivity index is 1.52. The summed E-state index contributed by atoms with van der Waals surface area (Å²) in [5.74, 6) is -5.31. The second-order valence-corrected chi connectivity index (χ2v) is 15.5. The Morgan fingerprint density at radius 1 is 0.667 bits per heavy atom. The molecule has 0 aliphatic heterocycles. The second kappa shape index (κ2) is 15.1. The van der Waals surface area contributed by atoms with Gasteiger partial charge < -0.3 is 18.9 Å². The summed E-state index contributed by atoms with van der Waals surface area (Å²) in [6.07, 6.45) is 4.04. The number of benzene rings is 2. The van der Waals surface area contributed by atoms with Gasteiger partial charge in [0.05, 0.1) is 43.3 Å². The molecule has 2 saturated carbocycles. The molecule has 0 N–H and O–H groups in total. The normalized spacial score (nSPS) is 23.9. The fourth-order valence-electron chi connectivity index (χ4n) is 6.29. The zero-order chi connectivity index (χ0) is 35.9. The van der Waals surface area contributed by atoms with Crippen LogP contribution in [0.4, 0.5) is 0 Å². The molecule has 2 fully saturated rings. The molecule has 8 nitrogen and oxygen atoms in total. The number of carbonyl (C=O) groups is 4. The predicted molar refractivity (Wildman–Crippen MR) is 186 cm³/mol. The summed E-state index contributed by atoms with van der Waals surface area (Å²) in [6, 6.07) is 2.26. The predicted octanol–water partition coefficient (Wildman–Crippen LogP) is 10.6. The van der Waals surface area contributed by atoms with Crippen LogP contribution in [0.5, 0.6) is 11.5 Å². The highest BCUT2D eigenvalue weighted by molar-refractivity contribution is 6.47. The molecule has 0 radical (unpaired) electrons. The summed E-state index contributed by atoms with van der Waals surface area (Å²) in [5.41, 5.74) is -0.883. The molecule has 0 aromatic heterocycles. The topological polar surface area (TPSA) is 105 Å². The maximum absolute atomic E-state index is 13.3. The van der Waals surface area contributed by atoms with Crippen LogP contribution in [0.3, 0.4) is 0 Å². The Hall–Kier alpha value is -1.94. The Labute approximate surface area is 309 Å². The fourth-order valence-corrected chi connectivity index (χ4v) is 7.73. The highest BCUT2D eigenvalue weighted by Crippen LogP contribution is 2.60. The fraction of sp³-hybridized carbons (Fsp3) is 0.529. The van der Waals surface area contributed by atoms with E-state index in [0.717, 1.165) is 37.8 Å². The third-order valence-corrected chi connectivity index (χ3v) is 12.4. The molecule has 262 valence electrons. The Bertz CT molecular complexity index is 1530. The molecular formula is C34H36Cl6O8. The first kappa shape index (κ1) is 38.9. The lowest BCUT2D eigenvalue weighted by Gasteiger charge is -2.21. The number of esters is 4. The molecule has 6 atom stereocenters. The van der Waals surface area contributed by atoms with Gasteiger partial charge in [-0.3, -0.25) is 0 Å². The second-order valence-electron chi connectivity index (χ2n) is 13.1. The van der Waals surface area contributed by atoms with Crippen molar-refractivity contribution in [3.05, 3.63) is 53.4 Å². The van der Waals surface area contributed by atoms with E-state index in [0.29, 0.717) is 11.8 Å². The molecule has 4 rings (SSSR count). The van der Waals surface area contributed by atoms with Crippen LogP contribution in [0.1, 0.15) is 87.9 Å². The van der Waals surface area contributed by atoms with E-state index in [9.17, 15) is 19.2 Å². The van der Waals surface area contributed by atoms with Crippen LogP contribution in [-0.2, 0) is 19.1 Å². The van der Waals surface area contributed by atoms with Crippen molar-refractivity contribution in [3.8, 4) is 11.5 Å². The van der Waals surface area contributed by atoms with Gasteiger partial charge in [0.25, 0.3) is 0 Å². The molecule has 2 aromatic rings. The minimum Gasteiger partial charge on any atom is -0.462 e. The zero-order valence-electron chi connectivity index (χ0n) is 27.2. The van der Waals surface area contributed by atoms with Gasteiger partial charge in [0, 0.05) is 0 Å². The largest absolute Gasteiger partial charge is 0.462 e. The number of ether oxygens (including phenoxy) is 4. The first-order chi connectivity index (χ1) is 22.4. The van der Waals surface area contributed by atoms with Gasteiger partial charge in [0.15, 0.2) is 11.5 Å². The van der Waals surface area contributed by atoms with Crippen LogP contribution in [0.25, 0.3) is 0 Å². The van der Waals surface area contributed by atoms with Crippen molar-refractivity contribution < 1.29 is 38.1 Å². The third kappa shape index (κ3) is 7.84. The average Bonchev–Trinajstić information content (AvgIpc) is 3.93. The van der Waals surface area contributed by atoms with Gasteiger partial charge >= 0.3 is 23.9 Å². The smallest absolute Gasteiger partial charge is 0.423 e. The molecule has 2 aromatic carbocycles. The van der Waals surface area contributed by atoms with Gasteiger partial charge in [-0.25, -0.2) is 19.2 Å². The van der Waals surface area contributed by atoms with Crippen molar-refractivity contribution in [1.82, 2.24) is 0 Å². The number of carbonyl (C=O) groups excluding carboxylic acids is 4. The standard InChI is InChI=1S/C34H36Cl6O8/c1-7-17-11-33(17,5)15(3)13-45-29(41)23-25(39)19(35)9-21(37)27(23)47-31(43)32(44)48-28-22(38)10-20(36)26(40)24(28)30(42)46-14-16(4)34(6)12-18(34)8-2/h9-10,15-18H,7-8,11-14H2,1-6H3. The van der Waals surface area contributed by atoms with E-state index in [1.807, 2.05) is 13.8 Å². The summed E-state index contributed by atoms with van der Waals surface area (Å²) in [7, 11) is 0. The van der Waals surface area contributed by atoms with E-state index in [2.05, 4.69) is 27.7 Å². The maximum Gasteiger partial charge on any atom is 0.423 e. The molecule has 0 heterocycles. The molecule has 2 aliphatic rings. The molecule has 0 spiro atoms. The van der Waals surface area contributed by atoms with E-state index in [-0.39, 0.29) is 66.0 Å². The number of halogens is 6. The molecular weight excluding hydrogens is 749 g/mol. The highest BCUT2D eigenvalue weighted by atomic mass is 35.5. The summed E-state index contributed by atoms with van der Waals surface area (Å²) in [5, 5.41) is -1.49. The van der Waals surface area contributed by atoms with E-state index in [1.54, 1.807) is 0 Å². The molecule has 6 unspecified atom stereocenters. The van der Waals surface area contributed by atoms with Crippen LogP contribution < -0.4 is 9.47 Å². The van der Waals surface area contributed by atoms with Gasteiger partial charge in [0.2, 0.25) is 0 Å². The van der Waals surface area contributed by atoms with Crippen LogP contribution >= 0.6 is 69.6 Å². The van der Waals surface area contributed by atoms with E-state index >= 15 is 0 Å². The van der Waals surface area contributed by atoms with Crippen molar-refractivity contribution in [3.63, 3.8) is 0 Å². The average molecular weight is 785 g/mol. The van der Waals surface area contributed by atoms with E-state index in [1.165, 1.54) is 0 Å².